The van der Waals surface area contributed by atoms with Gasteiger partial charge in [0.05, 0.1) is 19.3 Å². The van der Waals surface area contributed by atoms with Crippen molar-refractivity contribution in [2.45, 2.75) is 56.1 Å². The van der Waals surface area contributed by atoms with Gasteiger partial charge in [-0.05, 0) is 51.4 Å². The normalized spacial score (nSPS) is 34.2. The van der Waals surface area contributed by atoms with Gasteiger partial charge in [-0.25, -0.2) is 0 Å². The van der Waals surface area contributed by atoms with Crippen molar-refractivity contribution >= 4 is 5.78 Å². The van der Waals surface area contributed by atoms with Crippen LogP contribution in [0.25, 0.3) is 0 Å². The maximum absolute atomic E-state index is 12.5. The van der Waals surface area contributed by atoms with E-state index in [9.17, 15) is 9.90 Å². The fourth-order valence-corrected chi connectivity index (χ4v) is 5.56. The SMILES string of the molecule is CCOc1ccc2c(c1OC)[C@]13CCN(C)[C@@H](C2)[C@]1(O)CCC(=O)C3. The van der Waals surface area contributed by atoms with Gasteiger partial charge in [-0.3, -0.25) is 4.79 Å². The minimum Gasteiger partial charge on any atom is -0.493 e. The first-order chi connectivity index (χ1) is 12.0. The second kappa shape index (κ2) is 5.71. The highest BCUT2D eigenvalue weighted by atomic mass is 16.5. The molecule has 0 amide bonds. The van der Waals surface area contributed by atoms with Crippen LogP contribution in [0.1, 0.15) is 43.7 Å². The van der Waals surface area contributed by atoms with Gasteiger partial charge in [-0.15, -0.1) is 0 Å². The molecular formula is C20H27NO4. The number of methoxy groups -OCH3 is 1. The quantitative estimate of drug-likeness (QED) is 0.909. The van der Waals surface area contributed by atoms with Crippen LogP contribution in [0.15, 0.2) is 12.1 Å². The van der Waals surface area contributed by atoms with E-state index in [-0.39, 0.29) is 11.8 Å². The van der Waals surface area contributed by atoms with Crippen molar-refractivity contribution in [2.75, 3.05) is 27.3 Å². The van der Waals surface area contributed by atoms with E-state index in [1.807, 2.05) is 13.0 Å². The van der Waals surface area contributed by atoms with E-state index in [0.29, 0.717) is 37.4 Å². The van der Waals surface area contributed by atoms with Crippen molar-refractivity contribution in [1.29, 1.82) is 0 Å². The Morgan fingerprint density at radius 3 is 2.88 bits per heavy atom. The lowest BCUT2D eigenvalue weighted by molar-refractivity contribution is -0.169. The lowest BCUT2D eigenvalue weighted by Gasteiger charge is -2.62. The summed E-state index contributed by atoms with van der Waals surface area (Å²) in [6, 6.07) is 4.10. The van der Waals surface area contributed by atoms with E-state index < -0.39 is 11.0 Å². The maximum Gasteiger partial charge on any atom is 0.164 e. The van der Waals surface area contributed by atoms with Gasteiger partial charge in [0.1, 0.15) is 5.78 Å². The van der Waals surface area contributed by atoms with Crippen molar-refractivity contribution < 1.29 is 19.4 Å². The summed E-state index contributed by atoms with van der Waals surface area (Å²) in [7, 11) is 3.74. The highest BCUT2D eigenvalue weighted by molar-refractivity contribution is 5.83. The Kier molecular flexibility index (Phi) is 3.85. The van der Waals surface area contributed by atoms with Crippen molar-refractivity contribution in [3.05, 3.63) is 23.3 Å². The molecule has 1 aliphatic heterocycles. The molecule has 0 spiro atoms. The van der Waals surface area contributed by atoms with Crippen molar-refractivity contribution in [1.82, 2.24) is 4.90 Å². The summed E-state index contributed by atoms with van der Waals surface area (Å²) in [6.45, 7) is 3.38. The number of likely N-dealkylation sites (tertiary alicyclic amines) is 1. The smallest absolute Gasteiger partial charge is 0.164 e. The summed E-state index contributed by atoms with van der Waals surface area (Å²) in [5.41, 5.74) is 0.738. The number of ether oxygens (including phenoxy) is 2. The Morgan fingerprint density at radius 1 is 1.36 bits per heavy atom. The molecule has 1 N–H and O–H groups in total. The Labute approximate surface area is 148 Å². The summed E-state index contributed by atoms with van der Waals surface area (Å²) in [5, 5.41) is 11.8. The van der Waals surface area contributed by atoms with E-state index in [1.165, 1.54) is 5.56 Å². The van der Waals surface area contributed by atoms with Crippen LogP contribution in [0.4, 0.5) is 0 Å². The first-order valence-electron chi connectivity index (χ1n) is 9.24. The number of rotatable bonds is 3. The molecule has 4 rings (SSSR count). The number of likely N-dealkylation sites (N-methyl/N-ethyl adjacent to an activating group) is 1. The number of ketones is 1. The van der Waals surface area contributed by atoms with E-state index in [4.69, 9.17) is 9.47 Å². The molecule has 1 aromatic rings. The van der Waals surface area contributed by atoms with E-state index >= 15 is 0 Å². The van der Waals surface area contributed by atoms with Crippen LogP contribution in [-0.2, 0) is 16.6 Å². The van der Waals surface area contributed by atoms with Crippen LogP contribution in [0.5, 0.6) is 11.5 Å². The van der Waals surface area contributed by atoms with Gasteiger partial charge in [-0.2, -0.15) is 0 Å². The number of nitrogens with zero attached hydrogens (tertiary/aromatic N) is 1. The first kappa shape index (κ1) is 16.9. The van der Waals surface area contributed by atoms with Crippen LogP contribution in [0, 0.1) is 0 Å². The highest BCUT2D eigenvalue weighted by Crippen LogP contribution is 2.60. The minimum atomic E-state index is -0.890. The molecular weight excluding hydrogens is 318 g/mol. The molecule has 3 aliphatic rings. The molecule has 1 saturated carbocycles. The number of fused-ring (bicyclic) bond motifs is 1. The average molecular weight is 345 g/mol. The molecule has 1 saturated heterocycles. The Balaban J connectivity index is 1.99. The monoisotopic (exact) mass is 345 g/mol. The molecule has 0 aromatic heterocycles. The van der Waals surface area contributed by atoms with Crippen LogP contribution >= 0.6 is 0 Å². The highest BCUT2D eigenvalue weighted by Gasteiger charge is 2.65. The zero-order valence-corrected chi connectivity index (χ0v) is 15.3. The topological polar surface area (TPSA) is 59.0 Å². The lowest BCUT2D eigenvalue weighted by atomic mass is 9.49. The van der Waals surface area contributed by atoms with Crippen LogP contribution in [0.3, 0.4) is 0 Å². The number of carbonyl (C=O) groups excluding carboxylic acids is 1. The van der Waals surface area contributed by atoms with Crippen LogP contribution in [-0.4, -0.2) is 54.7 Å². The molecule has 2 aliphatic carbocycles. The molecule has 2 bridgehead atoms. The predicted octanol–water partition coefficient (Wildman–Crippen LogP) is 2.08. The van der Waals surface area contributed by atoms with Crippen LogP contribution < -0.4 is 9.47 Å². The Morgan fingerprint density at radius 2 is 2.16 bits per heavy atom. The first-order valence-corrected chi connectivity index (χ1v) is 9.24. The molecule has 3 atom stereocenters. The minimum absolute atomic E-state index is 0.0458. The van der Waals surface area contributed by atoms with Gasteiger partial charge < -0.3 is 19.5 Å². The average Bonchev–Trinajstić information content (AvgIpc) is 2.59. The van der Waals surface area contributed by atoms with Gasteiger partial charge in [-0.1, -0.05) is 6.07 Å². The number of benzene rings is 1. The molecule has 1 heterocycles. The second-order valence-electron chi connectivity index (χ2n) is 7.74. The lowest BCUT2D eigenvalue weighted by Crippen LogP contribution is -2.72. The number of piperidine rings is 1. The summed E-state index contributed by atoms with van der Waals surface area (Å²) in [6.07, 6.45) is 2.93. The van der Waals surface area contributed by atoms with Crippen molar-refractivity contribution in [3.8, 4) is 11.5 Å². The van der Waals surface area contributed by atoms with Gasteiger partial charge in [0.25, 0.3) is 0 Å². The molecule has 1 aromatic carbocycles. The molecule has 25 heavy (non-hydrogen) atoms. The van der Waals surface area contributed by atoms with Gasteiger partial charge in [0.15, 0.2) is 11.5 Å². The number of hydrogen-bond donors (Lipinski definition) is 1. The zero-order chi connectivity index (χ0) is 17.8. The van der Waals surface area contributed by atoms with Gasteiger partial charge in [0, 0.05) is 29.9 Å². The maximum atomic E-state index is 12.5. The number of aliphatic hydroxyl groups is 1. The molecule has 2 fully saturated rings. The number of Topliss-reactive ketones (excluding diaryl/α,β-unsaturated/α-hetero) is 1. The third-order valence-electron chi connectivity index (χ3n) is 6.69. The molecule has 136 valence electrons. The second-order valence-corrected chi connectivity index (χ2v) is 7.74. The Bertz CT molecular complexity index is 718. The molecule has 5 heteroatoms. The van der Waals surface area contributed by atoms with Gasteiger partial charge in [0.2, 0.25) is 0 Å². The summed E-state index contributed by atoms with van der Waals surface area (Å²) < 4.78 is 11.6. The molecule has 5 nitrogen and oxygen atoms in total. The van der Waals surface area contributed by atoms with Crippen molar-refractivity contribution in [3.63, 3.8) is 0 Å². The summed E-state index contributed by atoms with van der Waals surface area (Å²) in [5.74, 6) is 1.65. The largest absolute Gasteiger partial charge is 0.493 e. The molecule has 0 unspecified atom stereocenters. The van der Waals surface area contributed by atoms with Crippen molar-refractivity contribution in [2.24, 2.45) is 0 Å². The third-order valence-corrected chi connectivity index (χ3v) is 6.69. The van der Waals surface area contributed by atoms with E-state index in [0.717, 1.165) is 24.9 Å². The fourth-order valence-electron chi connectivity index (χ4n) is 5.56. The fraction of sp³-hybridized carbons (Fsp3) is 0.650. The Hall–Kier alpha value is -1.59. The number of hydrogen-bond acceptors (Lipinski definition) is 5. The summed E-state index contributed by atoms with van der Waals surface area (Å²) in [4.78, 5) is 14.7. The molecule has 0 radical (unpaired) electrons. The predicted molar refractivity (Wildman–Crippen MR) is 94.4 cm³/mol. The van der Waals surface area contributed by atoms with Crippen LogP contribution in [0.2, 0.25) is 0 Å². The third kappa shape index (κ3) is 2.12. The summed E-state index contributed by atoms with van der Waals surface area (Å²) >= 11 is 0. The van der Waals surface area contributed by atoms with Gasteiger partial charge >= 0.3 is 0 Å². The van der Waals surface area contributed by atoms with E-state index in [1.54, 1.807) is 7.11 Å². The number of carbonyl (C=O) groups is 1. The van der Waals surface area contributed by atoms with E-state index in [2.05, 4.69) is 18.0 Å². The zero-order valence-electron chi connectivity index (χ0n) is 15.3. The standard InChI is InChI=1S/C20H27NO4/c1-4-25-15-6-5-13-11-16-20(23)8-7-14(22)12-19(20,9-10-21(16)2)17(13)18(15)24-3/h5-6,16,23H,4,7-12H2,1-3H3/t16-,19+,20+/m0/s1.